The molecule has 174 valence electrons. The van der Waals surface area contributed by atoms with Crippen LogP contribution in [0, 0.1) is 24.6 Å². The number of aromatic nitrogens is 2. The summed E-state index contributed by atoms with van der Waals surface area (Å²) in [5.41, 5.74) is 1.01. The summed E-state index contributed by atoms with van der Waals surface area (Å²) in [6.07, 6.45) is 5.27. The molecule has 1 aromatic carbocycles. The van der Waals surface area contributed by atoms with Crippen molar-refractivity contribution in [2.75, 3.05) is 26.2 Å². The Morgan fingerprint density at radius 1 is 1.12 bits per heavy atom. The van der Waals surface area contributed by atoms with Crippen molar-refractivity contribution in [3.8, 4) is 0 Å². The number of carbonyl (C=O) groups is 1. The minimum Gasteiger partial charge on any atom is -0.342 e. The number of piperidine rings is 2. The molecule has 4 rings (SSSR count). The smallest absolute Gasteiger partial charge is 0.262 e. The summed E-state index contributed by atoms with van der Waals surface area (Å²) in [7, 11) is -1.86. The Hall–Kier alpha value is -2.26. The first-order chi connectivity index (χ1) is 15.2. The average molecular weight is 463 g/mol. The Bertz CT molecular complexity index is 1050. The lowest BCUT2D eigenvalue weighted by molar-refractivity contribution is -0.138. The highest BCUT2D eigenvalue weighted by atomic mass is 32.2. The third-order valence-corrected chi connectivity index (χ3v) is 8.60. The highest BCUT2D eigenvalue weighted by Gasteiger charge is 2.35. The van der Waals surface area contributed by atoms with Crippen LogP contribution in [0.4, 0.5) is 4.39 Å². The number of imidazole rings is 1. The second kappa shape index (κ2) is 9.31. The summed E-state index contributed by atoms with van der Waals surface area (Å²) in [6, 6.07) is 6.74. The number of carbonyl (C=O) groups excluding carboxylic acids is 1. The van der Waals surface area contributed by atoms with Crippen LogP contribution >= 0.6 is 0 Å². The molecule has 0 unspecified atom stereocenters. The van der Waals surface area contributed by atoms with E-state index in [0.717, 1.165) is 24.8 Å². The summed E-state index contributed by atoms with van der Waals surface area (Å²) in [6.45, 7) is 3.87. The van der Waals surface area contributed by atoms with Crippen LogP contribution in [0.5, 0.6) is 0 Å². The summed E-state index contributed by atoms with van der Waals surface area (Å²) in [4.78, 5) is 19.1. The second-order valence-electron chi connectivity index (χ2n) is 9.02. The Kier molecular flexibility index (Phi) is 6.67. The van der Waals surface area contributed by atoms with E-state index < -0.39 is 10.0 Å². The molecule has 0 saturated carbocycles. The number of sulfonamides is 1. The molecule has 32 heavy (non-hydrogen) atoms. The molecule has 1 amide bonds. The van der Waals surface area contributed by atoms with Crippen molar-refractivity contribution in [1.82, 2.24) is 18.8 Å². The largest absolute Gasteiger partial charge is 0.342 e. The van der Waals surface area contributed by atoms with E-state index in [1.54, 1.807) is 30.7 Å². The predicted octanol–water partition coefficient (Wildman–Crippen LogP) is 2.75. The van der Waals surface area contributed by atoms with E-state index in [1.807, 2.05) is 11.0 Å². The molecule has 0 aliphatic carbocycles. The molecule has 2 aliphatic heterocycles. The third kappa shape index (κ3) is 4.88. The molecule has 2 aromatic rings. The molecular weight excluding hydrogens is 431 g/mol. The van der Waals surface area contributed by atoms with E-state index in [0.29, 0.717) is 50.8 Å². The summed E-state index contributed by atoms with van der Waals surface area (Å²) in [5.74, 6) is 0.900. The van der Waals surface area contributed by atoms with Gasteiger partial charge in [-0.3, -0.25) is 4.79 Å². The standard InChI is InChI=1S/C23H31FN4O3S/c1-17-25-22(16-26(17)2)32(30,31)28-12-8-20(9-13-28)23(29)27-10-6-18(7-11-27)14-19-4-3-5-21(24)15-19/h3-5,15-16,18,20H,6-14H2,1-2H3. The van der Waals surface area contributed by atoms with Crippen LogP contribution in [0.15, 0.2) is 35.5 Å². The molecule has 2 aliphatic rings. The molecular formula is C23H31FN4O3S. The molecule has 2 saturated heterocycles. The zero-order valence-electron chi connectivity index (χ0n) is 18.7. The third-order valence-electron chi connectivity index (χ3n) is 6.83. The van der Waals surface area contributed by atoms with Gasteiger partial charge >= 0.3 is 0 Å². The van der Waals surface area contributed by atoms with E-state index >= 15 is 0 Å². The monoisotopic (exact) mass is 462 g/mol. The van der Waals surface area contributed by atoms with E-state index in [1.165, 1.54) is 16.6 Å². The van der Waals surface area contributed by atoms with Crippen LogP contribution < -0.4 is 0 Å². The number of likely N-dealkylation sites (tertiary alicyclic amines) is 1. The van der Waals surface area contributed by atoms with Gasteiger partial charge in [0.05, 0.1) is 0 Å². The Morgan fingerprint density at radius 3 is 2.41 bits per heavy atom. The Balaban J connectivity index is 1.27. The number of amides is 1. The van der Waals surface area contributed by atoms with Gasteiger partial charge in [-0.25, -0.2) is 17.8 Å². The SMILES string of the molecule is Cc1nc(S(=O)(=O)N2CCC(C(=O)N3CCC(Cc4cccc(F)c4)CC3)CC2)cn1C. The van der Waals surface area contributed by atoms with Crippen molar-refractivity contribution in [1.29, 1.82) is 0 Å². The normalized spacial score (nSPS) is 19.4. The van der Waals surface area contributed by atoms with Gasteiger partial charge in [0.2, 0.25) is 5.91 Å². The number of aryl methyl sites for hydroxylation is 2. The lowest BCUT2D eigenvalue weighted by Crippen LogP contribution is -2.46. The first-order valence-electron chi connectivity index (χ1n) is 11.3. The number of nitrogens with zero attached hydrogens (tertiary/aromatic N) is 4. The average Bonchev–Trinajstić information content (AvgIpc) is 3.13. The molecule has 0 N–H and O–H groups in total. The van der Waals surface area contributed by atoms with Crippen molar-refractivity contribution in [2.45, 2.75) is 44.1 Å². The molecule has 1 aromatic heterocycles. The van der Waals surface area contributed by atoms with Crippen LogP contribution in [0.1, 0.15) is 37.1 Å². The second-order valence-corrected chi connectivity index (χ2v) is 10.9. The molecule has 0 atom stereocenters. The Morgan fingerprint density at radius 2 is 1.81 bits per heavy atom. The zero-order valence-corrected chi connectivity index (χ0v) is 19.5. The van der Waals surface area contributed by atoms with Crippen LogP contribution in [-0.4, -0.2) is 59.3 Å². The van der Waals surface area contributed by atoms with Crippen molar-refractivity contribution in [3.05, 3.63) is 47.7 Å². The van der Waals surface area contributed by atoms with Gasteiger partial charge in [-0.2, -0.15) is 4.31 Å². The number of rotatable bonds is 5. The minimum absolute atomic E-state index is 0.0719. The van der Waals surface area contributed by atoms with Gasteiger partial charge in [-0.05, 0) is 62.6 Å². The van der Waals surface area contributed by atoms with Crippen molar-refractivity contribution >= 4 is 15.9 Å². The molecule has 0 bridgehead atoms. The fraction of sp³-hybridized carbons (Fsp3) is 0.565. The zero-order chi connectivity index (χ0) is 22.9. The van der Waals surface area contributed by atoms with Gasteiger partial charge in [-0.1, -0.05) is 12.1 Å². The van der Waals surface area contributed by atoms with Gasteiger partial charge in [0.15, 0.2) is 5.03 Å². The summed E-state index contributed by atoms with van der Waals surface area (Å²) in [5, 5.41) is 0.0719. The first kappa shape index (κ1) is 22.9. The fourth-order valence-corrected chi connectivity index (χ4v) is 6.23. The molecule has 2 fully saturated rings. The van der Waals surface area contributed by atoms with E-state index in [-0.39, 0.29) is 22.7 Å². The highest BCUT2D eigenvalue weighted by Crippen LogP contribution is 2.28. The maximum Gasteiger partial charge on any atom is 0.262 e. The first-order valence-corrected chi connectivity index (χ1v) is 12.7. The summed E-state index contributed by atoms with van der Waals surface area (Å²) < 4.78 is 42.3. The lowest BCUT2D eigenvalue weighted by Gasteiger charge is -2.37. The lowest BCUT2D eigenvalue weighted by atomic mass is 9.89. The molecule has 7 nitrogen and oxygen atoms in total. The van der Waals surface area contributed by atoms with Crippen LogP contribution in [0.2, 0.25) is 0 Å². The number of halogens is 1. The quantitative estimate of drug-likeness (QED) is 0.685. The van der Waals surface area contributed by atoms with E-state index in [4.69, 9.17) is 0 Å². The number of hydrogen-bond donors (Lipinski definition) is 0. The fourth-order valence-electron chi connectivity index (χ4n) is 4.74. The minimum atomic E-state index is -3.63. The van der Waals surface area contributed by atoms with Gasteiger partial charge in [-0.15, -0.1) is 0 Å². The van der Waals surface area contributed by atoms with Crippen LogP contribution in [-0.2, 0) is 28.3 Å². The van der Waals surface area contributed by atoms with Crippen molar-refractivity contribution < 1.29 is 17.6 Å². The Labute approximate surface area is 189 Å². The maximum absolute atomic E-state index is 13.4. The topological polar surface area (TPSA) is 75.5 Å². The van der Waals surface area contributed by atoms with E-state index in [2.05, 4.69) is 4.98 Å². The number of benzene rings is 1. The number of hydrogen-bond acceptors (Lipinski definition) is 4. The van der Waals surface area contributed by atoms with Crippen LogP contribution in [0.25, 0.3) is 0 Å². The van der Waals surface area contributed by atoms with Gasteiger partial charge in [0.1, 0.15) is 11.6 Å². The molecule has 3 heterocycles. The molecule has 9 heteroatoms. The summed E-state index contributed by atoms with van der Waals surface area (Å²) >= 11 is 0. The molecule has 0 radical (unpaired) electrons. The van der Waals surface area contributed by atoms with Crippen LogP contribution in [0.3, 0.4) is 0 Å². The van der Waals surface area contributed by atoms with Gasteiger partial charge in [0, 0.05) is 45.3 Å². The van der Waals surface area contributed by atoms with Crippen molar-refractivity contribution in [3.63, 3.8) is 0 Å². The van der Waals surface area contributed by atoms with Crippen molar-refractivity contribution in [2.24, 2.45) is 18.9 Å². The highest BCUT2D eigenvalue weighted by molar-refractivity contribution is 7.89. The van der Waals surface area contributed by atoms with E-state index in [9.17, 15) is 17.6 Å². The van der Waals surface area contributed by atoms with Gasteiger partial charge in [0.25, 0.3) is 10.0 Å². The molecule has 0 spiro atoms. The predicted molar refractivity (Wildman–Crippen MR) is 119 cm³/mol. The maximum atomic E-state index is 13.4. The van der Waals surface area contributed by atoms with Gasteiger partial charge < -0.3 is 9.47 Å².